The number of nitrogens with zero attached hydrogens (tertiary/aromatic N) is 1. The predicted molar refractivity (Wildman–Crippen MR) is 63.2 cm³/mol. The van der Waals surface area contributed by atoms with Gasteiger partial charge in [0.05, 0.1) is 0 Å². The molecule has 1 aliphatic heterocycles. The van der Waals surface area contributed by atoms with Crippen LogP contribution in [0.5, 0.6) is 0 Å². The molecule has 1 saturated heterocycles. The van der Waals surface area contributed by atoms with Gasteiger partial charge in [-0.25, -0.2) is 9.59 Å². The van der Waals surface area contributed by atoms with E-state index in [-0.39, 0.29) is 5.88 Å². The molecule has 1 aromatic carbocycles. The summed E-state index contributed by atoms with van der Waals surface area (Å²) in [6, 6.07) is 8.46. The molecule has 5 nitrogen and oxygen atoms in total. The quantitative estimate of drug-likeness (QED) is 0.808. The number of ether oxygens (including phenoxy) is 1. The van der Waals surface area contributed by atoms with Crippen LogP contribution in [-0.4, -0.2) is 34.1 Å². The van der Waals surface area contributed by atoms with Gasteiger partial charge in [0.1, 0.15) is 6.10 Å². The van der Waals surface area contributed by atoms with Crippen molar-refractivity contribution in [2.45, 2.75) is 25.6 Å². The molecule has 1 aliphatic rings. The largest absolute Gasteiger partial charge is 0.480 e. The lowest BCUT2D eigenvalue weighted by atomic mass is 10.1. The Morgan fingerprint density at radius 3 is 2.67 bits per heavy atom. The maximum atomic E-state index is 11.2. The van der Waals surface area contributed by atoms with Crippen molar-refractivity contribution < 1.29 is 19.4 Å². The smallest absolute Gasteiger partial charge is 0.330 e. The van der Waals surface area contributed by atoms with Crippen molar-refractivity contribution in [1.82, 2.24) is 4.90 Å². The van der Waals surface area contributed by atoms with Gasteiger partial charge in [-0.1, -0.05) is 30.3 Å². The molecule has 0 bridgehead atoms. The number of carbonyl (C=O) groups excluding carboxylic acids is 1. The molecule has 0 aliphatic carbocycles. The number of hydrogen-bond donors (Lipinski definition) is 1. The van der Waals surface area contributed by atoms with Gasteiger partial charge in [0, 0.05) is 6.54 Å². The van der Waals surface area contributed by atoms with Crippen LogP contribution in [0.3, 0.4) is 0 Å². The van der Waals surface area contributed by atoms with E-state index in [4.69, 9.17) is 4.74 Å². The zero-order chi connectivity index (χ0) is 13.1. The average molecular weight is 247 g/mol. The summed E-state index contributed by atoms with van der Waals surface area (Å²) in [5, 5.41) is 9.18. The summed E-state index contributed by atoms with van der Waals surface area (Å²) in [7, 11) is 0. The van der Waals surface area contributed by atoms with E-state index in [2.05, 4.69) is 0 Å². The number of carboxylic acids is 1. The lowest BCUT2D eigenvalue weighted by Crippen LogP contribution is -2.40. The van der Waals surface area contributed by atoms with Crippen LogP contribution in [0.4, 0.5) is 0 Å². The van der Waals surface area contributed by atoms with Crippen LogP contribution in [0, 0.1) is 0 Å². The van der Waals surface area contributed by atoms with Crippen molar-refractivity contribution in [2.24, 2.45) is 0 Å². The van der Waals surface area contributed by atoms with Gasteiger partial charge >= 0.3 is 5.97 Å². The SMILES string of the molecule is C[C@H]1OC(=C=O)N(Cc2ccccc2)[C@@H]1C(=O)O. The van der Waals surface area contributed by atoms with Crippen molar-refractivity contribution in [3.63, 3.8) is 0 Å². The lowest BCUT2D eigenvalue weighted by Gasteiger charge is -2.20. The fourth-order valence-corrected chi connectivity index (χ4v) is 2.06. The van der Waals surface area contributed by atoms with E-state index in [1.54, 1.807) is 12.9 Å². The van der Waals surface area contributed by atoms with Gasteiger partial charge < -0.3 is 14.7 Å². The normalized spacial score (nSPS) is 22.5. The maximum absolute atomic E-state index is 11.2. The zero-order valence-corrected chi connectivity index (χ0v) is 9.87. The molecule has 0 saturated carbocycles. The molecular formula is C13H13NO4. The van der Waals surface area contributed by atoms with Crippen LogP contribution >= 0.6 is 0 Å². The van der Waals surface area contributed by atoms with Crippen molar-refractivity contribution in [3.05, 3.63) is 41.8 Å². The molecule has 2 rings (SSSR count). The highest BCUT2D eigenvalue weighted by Gasteiger charge is 2.42. The van der Waals surface area contributed by atoms with E-state index in [0.29, 0.717) is 6.54 Å². The second-order valence-electron chi connectivity index (χ2n) is 4.13. The molecule has 2 atom stereocenters. The van der Waals surface area contributed by atoms with Crippen molar-refractivity contribution in [1.29, 1.82) is 0 Å². The Labute approximate surface area is 104 Å². The summed E-state index contributed by atoms with van der Waals surface area (Å²) < 4.78 is 5.21. The first-order valence-corrected chi connectivity index (χ1v) is 5.58. The minimum atomic E-state index is -1.01. The minimum absolute atomic E-state index is 0.0428. The number of rotatable bonds is 3. The second-order valence-corrected chi connectivity index (χ2v) is 4.13. The summed E-state index contributed by atoms with van der Waals surface area (Å²) in [5.74, 6) is 0.603. The monoisotopic (exact) mass is 247 g/mol. The van der Waals surface area contributed by atoms with E-state index in [1.165, 1.54) is 4.90 Å². The molecule has 0 unspecified atom stereocenters. The molecule has 18 heavy (non-hydrogen) atoms. The van der Waals surface area contributed by atoms with Crippen LogP contribution in [0.1, 0.15) is 12.5 Å². The van der Waals surface area contributed by atoms with E-state index in [9.17, 15) is 14.7 Å². The Bertz CT molecular complexity index is 493. The number of carboxylic acid groups (broad SMARTS) is 1. The molecule has 0 radical (unpaired) electrons. The molecule has 5 heteroatoms. The first-order chi connectivity index (χ1) is 8.63. The van der Waals surface area contributed by atoms with Crippen LogP contribution in [0.15, 0.2) is 36.2 Å². The molecule has 1 fully saturated rings. The van der Waals surface area contributed by atoms with E-state index in [1.807, 2.05) is 30.3 Å². The highest BCUT2D eigenvalue weighted by atomic mass is 16.5. The fourth-order valence-electron chi connectivity index (χ4n) is 2.06. The molecule has 1 aromatic rings. The molecular weight excluding hydrogens is 234 g/mol. The van der Waals surface area contributed by atoms with Gasteiger partial charge in [-0.15, -0.1) is 0 Å². The van der Waals surface area contributed by atoms with Crippen molar-refractivity contribution in [3.8, 4) is 0 Å². The average Bonchev–Trinajstić information content (AvgIpc) is 2.67. The number of carbonyl (C=O) groups is 1. The molecule has 0 spiro atoms. The molecule has 1 heterocycles. The Kier molecular flexibility index (Phi) is 3.35. The fraction of sp³-hybridized carbons (Fsp3) is 0.308. The first-order valence-electron chi connectivity index (χ1n) is 5.58. The van der Waals surface area contributed by atoms with Gasteiger partial charge in [-0.3, -0.25) is 0 Å². The maximum Gasteiger partial charge on any atom is 0.330 e. The van der Waals surface area contributed by atoms with Gasteiger partial charge in [0.15, 0.2) is 12.0 Å². The molecule has 0 aromatic heterocycles. The van der Waals surface area contributed by atoms with Crippen LogP contribution < -0.4 is 0 Å². The number of hydrogen-bond acceptors (Lipinski definition) is 4. The van der Waals surface area contributed by atoms with Gasteiger partial charge in [0.2, 0.25) is 0 Å². The van der Waals surface area contributed by atoms with E-state index < -0.39 is 18.1 Å². The minimum Gasteiger partial charge on any atom is -0.480 e. The van der Waals surface area contributed by atoms with Crippen LogP contribution in [0.25, 0.3) is 0 Å². The Morgan fingerprint density at radius 1 is 1.44 bits per heavy atom. The van der Waals surface area contributed by atoms with Crippen LogP contribution in [-0.2, 0) is 20.9 Å². The summed E-state index contributed by atoms with van der Waals surface area (Å²) in [4.78, 5) is 23.4. The molecule has 94 valence electrons. The van der Waals surface area contributed by atoms with Gasteiger partial charge in [-0.05, 0) is 12.5 Å². The summed E-state index contributed by atoms with van der Waals surface area (Å²) >= 11 is 0. The predicted octanol–water partition coefficient (Wildman–Crippen LogP) is 1.03. The number of aliphatic carboxylic acids is 1. The van der Waals surface area contributed by atoms with Gasteiger partial charge in [-0.2, -0.15) is 0 Å². The summed E-state index contributed by atoms with van der Waals surface area (Å²) in [6.45, 7) is 1.94. The Morgan fingerprint density at radius 2 is 2.11 bits per heavy atom. The Hall–Kier alpha value is -2.26. The lowest BCUT2D eigenvalue weighted by molar-refractivity contribution is -0.142. The molecule has 0 amide bonds. The first kappa shape index (κ1) is 12.2. The molecule has 1 N–H and O–H groups in total. The topological polar surface area (TPSA) is 66.8 Å². The summed E-state index contributed by atoms with van der Waals surface area (Å²) in [5.41, 5.74) is 0.911. The second kappa shape index (κ2) is 4.94. The highest BCUT2D eigenvalue weighted by molar-refractivity contribution is 5.76. The standard InChI is InChI=1S/C13H13NO4/c1-9-12(13(16)17)14(11(8-15)18-9)7-10-5-3-2-4-6-10/h2-6,9,12H,7H2,1H3,(H,16,17)/t9-,12+/m1/s1. The Balaban J connectivity index is 2.27. The number of benzene rings is 1. The third-order valence-electron chi connectivity index (χ3n) is 2.87. The highest BCUT2D eigenvalue weighted by Crippen LogP contribution is 2.26. The van der Waals surface area contributed by atoms with E-state index >= 15 is 0 Å². The van der Waals surface area contributed by atoms with E-state index in [0.717, 1.165) is 5.56 Å². The van der Waals surface area contributed by atoms with Gasteiger partial charge in [0.25, 0.3) is 5.88 Å². The summed E-state index contributed by atoms with van der Waals surface area (Å²) in [6.07, 6.45) is -0.567. The third kappa shape index (κ3) is 2.21. The van der Waals surface area contributed by atoms with Crippen molar-refractivity contribution >= 4 is 11.9 Å². The van der Waals surface area contributed by atoms with Crippen LogP contribution in [0.2, 0.25) is 0 Å². The zero-order valence-electron chi connectivity index (χ0n) is 9.87. The third-order valence-corrected chi connectivity index (χ3v) is 2.87. The van der Waals surface area contributed by atoms with Crippen molar-refractivity contribution in [2.75, 3.05) is 0 Å².